The second-order valence-electron chi connectivity index (χ2n) is 4.61. The number of carbonyl (C=O) groups is 1. The zero-order valence-electron chi connectivity index (χ0n) is 9.29. The Morgan fingerprint density at radius 1 is 1.40 bits per heavy atom. The molecule has 86 valence electrons. The molecule has 1 amide bonds. The van der Waals surface area contributed by atoms with E-state index in [1.165, 1.54) is 0 Å². The Kier molecular flexibility index (Phi) is 3.59. The standard InChI is InChI=1S/C11H20N2O2/c1-8-6-12-7-9(8)13-11(14)10-4-2-3-5-15-10/h8-10,12H,2-7H2,1H3,(H,13,14). The molecule has 0 saturated carbocycles. The van der Waals surface area contributed by atoms with Crippen molar-refractivity contribution in [3.05, 3.63) is 0 Å². The first kappa shape index (κ1) is 10.9. The lowest BCUT2D eigenvalue weighted by atomic mass is 10.0. The maximum absolute atomic E-state index is 11.8. The Labute approximate surface area is 90.8 Å². The molecule has 4 heteroatoms. The molecule has 3 atom stereocenters. The molecular weight excluding hydrogens is 192 g/mol. The first-order valence-electron chi connectivity index (χ1n) is 5.90. The molecule has 0 aromatic rings. The van der Waals surface area contributed by atoms with Crippen LogP contribution in [0, 0.1) is 5.92 Å². The van der Waals surface area contributed by atoms with E-state index in [-0.39, 0.29) is 18.1 Å². The molecule has 2 saturated heterocycles. The Morgan fingerprint density at radius 3 is 2.87 bits per heavy atom. The third-order valence-corrected chi connectivity index (χ3v) is 3.32. The van der Waals surface area contributed by atoms with Crippen molar-refractivity contribution in [2.45, 2.75) is 38.3 Å². The molecule has 2 fully saturated rings. The molecule has 0 aromatic carbocycles. The summed E-state index contributed by atoms with van der Waals surface area (Å²) in [7, 11) is 0. The van der Waals surface area contributed by atoms with E-state index in [2.05, 4.69) is 17.6 Å². The fourth-order valence-corrected chi connectivity index (χ4v) is 2.23. The van der Waals surface area contributed by atoms with E-state index in [4.69, 9.17) is 4.74 Å². The Balaban J connectivity index is 1.80. The summed E-state index contributed by atoms with van der Waals surface area (Å²) in [5.74, 6) is 0.604. The van der Waals surface area contributed by atoms with E-state index >= 15 is 0 Å². The van der Waals surface area contributed by atoms with E-state index in [0.717, 1.165) is 39.0 Å². The summed E-state index contributed by atoms with van der Waals surface area (Å²) < 4.78 is 5.45. The number of ether oxygens (including phenoxy) is 1. The second-order valence-corrected chi connectivity index (χ2v) is 4.61. The van der Waals surface area contributed by atoms with Gasteiger partial charge in [-0.2, -0.15) is 0 Å². The second kappa shape index (κ2) is 4.94. The summed E-state index contributed by atoms with van der Waals surface area (Å²) in [6.45, 7) is 4.78. The van der Waals surface area contributed by atoms with Gasteiger partial charge < -0.3 is 15.4 Å². The zero-order chi connectivity index (χ0) is 10.7. The summed E-state index contributed by atoms with van der Waals surface area (Å²) in [4.78, 5) is 11.8. The summed E-state index contributed by atoms with van der Waals surface area (Å²) in [5.41, 5.74) is 0. The minimum atomic E-state index is -0.202. The Hall–Kier alpha value is -0.610. The SMILES string of the molecule is CC1CNCC1NC(=O)C1CCCCO1. The van der Waals surface area contributed by atoms with E-state index in [1.807, 2.05) is 0 Å². The van der Waals surface area contributed by atoms with E-state index in [1.54, 1.807) is 0 Å². The highest BCUT2D eigenvalue weighted by atomic mass is 16.5. The number of hydrogen-bond acceptors (Lipinski definition) is 3. The van der Waals surface area contributed by atoms with Gasteiger partial charge >= 0.3 is 0 Å². The van der Waals surface area contributed by atoms with Crippen LogP contribution >= 0.6 is 0 Å². The van der Waals surface area contributed by atoms with Crippen molar-refractivity contribution < 1.29 is 9.53 Å². The zero-order valence-corrected chi connectivity index (χ0v) is 9.29. The molecule has 2 heterocycles. The van der Waals surface area contributed by atoms with Gasteiger partial charge in [0.1, 0.15) is 6.10 Å². The largest absolute Gasteiger partial charge is 0.368 e. The molecule has 3 unspecified atom stereocenters. The average Bonchev–Trinajstić information content (AvgIpc) is 2.66. The monoisotopic (exact) mass is 212 g/mol. The van der Waals surface area contributed by atoms with Gasteiger partial charge in [0.05, 0.1) is 0 Å². The van der Waals surface area contributed by atoms with Crippen molar-refractivity contribution in [2.75, 3.05) is 19.7 Å². The molecule has 2 aliphatic rings. The fourth-order valence-electron chi connectivity index (χ4n) is 2.23. The molecule has 2 rings (SSSR count). The van der Waals surface area contributed by atoms with Crippen molar-refractivity contribution in [3.63, 3.8) is 0 Å². The smallest absolute Gasteiger partial charge is 0.249 e. The minimum Gasteiger partial charge on any atom is -0.368 e. The molecule has 0 aromatic heterocycles. The van der Waals surface area contributed by atoms with Gasteiger partial charge in [0.2, 0.25) is 5.91 Å². The van der Waals surface area contributed by atoms with Crippen LogP contribution in [0.25, 0.3) is 0 Å². The number of hydrogen-bond donors (Lipinski definition) is 2. The summed E-state index contributed by atoms with van der Waals surface area (Å²) in [6.07, 6.45) is 2.87. The number of rotatable bonds is 2. The van der Waals surface area contributed by atoms with Crippen LogP contribution in [0.15, 0.2) is 0 Å². The third-order valence-electron chi connectivity index (χ3n) is 3.32. The summed E-state index contributed by atoms with van der Waals surface area (Å²) >= 11 is 0. The van der Waals surface area contributed by atoms with E-state index in [0.29, 0.717) is 5.92 Å². The van der Waals surface area contributed by atoms with Gasteiger partial charge in [-0.25, -0.2) is 0 Å². The third kappa shape index (κ3) is 2.69. The number of carbonyl (C=O) groups excluding carboxylic acids is 1. The van der Waals surface area contributed by atoms with Crippen LogP contribution in [0.5, 0.6) is 0 Å². The molecule has 0 spiro atoms. The molecule has 15 heavy (non-hydrogen) atoms. The molecule has 0 aliphatic carbocycles. The first-order valence-corrected chi connectivity index (χ1v) is 5.90. The van der Waals surface area contributed by atoms with Crippen LogP contribution in [-0.4, -0.2) is 37.7 Å². The first-order chi connectivity index (χ1) is 7.27. The maximum Gasteiger partial charge on any atom is 0.249 e. The van der Waals surface area contributed by atoms with Crippen LogP contribution < -0.4 is 10.6 Å². The van der Waals surface area contributed by atoms with Crippen molar-refractivity contribution in [2.24, 2.45) is 5.92 Å². The Morgan fingerprint density at radius 2 is 2.27 bits per heavy atom. The normalized spacial score (nSPS) is 36.5. The van der Waals surface area contributed by atoms with Crippen molar-refractivity contribution >= 4 is 5.91 Å². The lowest BCUT2D eigenvalue weighted by molar-refractivity contribution is -0.136. The van der Waals surface area contributed by atoms with Gasteiger partial charge in [-0.05, 0) is 31.7 Å². The fraction of sp³-hybridized carbons (Fsp3) is 0.909. The average molecular weight is 212 g/mol. The van der Waals surface area contributed by atoms with E-state index in [9.17, 15) is 4.79 Å². The van der Waals surface area contributed by atoms with Crippen LogP contribution in [-0.2, 0) is 9.53 Å². The van der Waals surface area contributed by atoms with Crippen molar-refractivity contribution in [1.29, 1.82) is 0 Å². The molecule has 2 N–H and O–H groups in total. The summed E-state index contributed by atoms with van der Waals surface area (Å²) in [5, 5.41) is 6.35. The van der Waals surface area contributed by atoms with Gasteiger partial charge in [0.25, 0.3) is 0 Å². The summed E-state index contributed by atoms with van der Waals surface area (Å²) in [6, 6.07) is 0.281. The van der Waals surface area contributed by atoms with Crippen LogP contribution in [0.4, 0.5) is 0 Å². The predicted octanol–water partition coefficient (Wildman–Crippen LogP) is 0.280. The van der Waals surface area contributed by atoms with Crippen LogP contribution in [0.1, 0.15) is 26.2 Å². The van der Waals surface area contributed by atoms with E-state index < -0.39 is 0 Å². The minimum absolute atomic E-state index is 0.0789. The van der Waals surface area contributed by atoms with Gasteiger partial charge in [-0.3, -0.25) is 4.79 Å². The molecule has 2 aliphatic heterocycles. The molecule has 4 nitrogen and oxygen atoms in total. The lowest BCUT2D eigenvalue weighted by Gasteiger charge is -2.24. The van der Waals surface area contributed by atoms with Gasteiger partial charge in [0, 0.05) is 19.2 Å². The quantitative estimate of drug-likeness (QED) is 0.691. The highest BCUT2D eigenvalue weighted by molar-refractivity contribution is 5.81. The Bertz CT molecular complexity index is 227. The van der Waals surface area contributed by atoms with Crippen LogP contribution in [0.2, 0.25) is 0 Å². The molecular formula is C11H20N2O2. The van der Waals surface area contributed by atoms with Crippen molar-refractivity contribution in [3.8, 4) is 0 Å². The topological polar surface area (TPSA) is 50.4 Å². The number of nitrogens with one attached hydrogen (secondary N) is 2. The predicted molar refractivity (Wildman–Crippen MR) is 57.6 cm³/mol. The highest BCUT2D eigenvalue weighted by Gasteiger charge is 2.28. The van der Waals surface area contributed by atoms with Gasteiger partial charge in [0.15, 0.2) is 0 Å². The number of amides is 1. The lowest BCUT2D eigenvalue weighted by Crippen LogP contribution is -2.46. The molecule has 0 bridgehead atoms. The molecule has 0 radical (unpaired) electrons. The van der Waals surface area contributed by atoms with Gasteiger partial charge in [-0.1, -0.05) is 6.92 Å². The highest BCUT2D eigenvalue weighted by Crippen LogP contribution is 2.14. The maximum atomic E-state index is 11.8. The van der Waals surface area contributed by atoms with Crippen molar-refractivity contribution in [1.82, 2.24) is 10.6 Å². The van der Waals surface area contributed by atoms with Crippen LogP contribution in [0.3, 0.4) is 0 Å². The van der Waals surface area contributed by atoms with Gasteiger partial charge in [-0.15, -0.1) is 0 Å².